The number of nitrogens with zero attached hydrogens (tertiary/aromatic N) is 1. The van der Waals surface area contributed by atoms with Crippen LogP contribution in [-0.4, -0.2) is 35.8 Å². The number of hydrogen-bond donors (Lipinski definition) is 1. The summed E-state index contributed by atoms with van der Waals surface area (Å²) in [5, 5.41) is 3.22. The van der Waals surface area contributed by atoms with E-state index in [2.05, 4.69) is 5.32 Å². The highest BCUT2D eigenvalue weighted by atomic mass is 16.2. The van der Waals surface area contributed by atoms with Crippen LogP contribution in [0.1, 0.15) is 45.4 Å². The Morgan fingerprint density at radius 3 is 2.76 bits per heavy atom. The van der Waals surface area contributed by atoms with Crippen molar-refractivity contribution in [1.82, 2.24) is 10.2 Å². The lowest BCUT2D eigenvalue weighted by atomic mass is 10.2. The molecule has 2 rings (SSSR count). The first-order valence-corrected chi connectivity index (χ1v) is 6.80. The van der Waals surface area contributed by atoms with Crippen molar-refractivity contribution in [3.63, 3.8) is 0 Å². The summed E-state index contributed by atoms with van der Waals surface area (Å²) in [6.45, 7) is 3.41. The molecule has 17 heavy (non-hydrogen) atoms. The molecule has 1 aliphatic carbocycles. The van der Waals surface area contributed by atoms with Gasteiger partial charge in [-0.15, -0.1) is 0 Å². The Labute approximate surface area is 103 Å². The third-order valence-electron chi connectivity index (χ3n) is 3.57. The van der Waals surface area contributed by atoms with Crippen molar-refractivity contribution in [2.24, 2.45) is 5.92 Å². The van der Waals surface area contributed by atoms with Gasteiger partial charge in [0, 0.05) is 6.54 Å². The normalized spacial score (nSPS) is 24.8. The van der Waals surface area contributed by atoms with Crippen LogP contribution in [0.2, 0.25) is 0 Å². The molecule has 0 aromatic rings. The molecule has 0 spiro atoms. The van der Waals surface area contributed by atoms with Gasteiger partial charge in [0.05, 0.1) is 12.5 Å². The van der Waals surface area contributed by atoms with E-state index in [4.69, 9.17) is 0 Å². The largest absolute Gasteiger partial charge is 0.305 e. The van der Waals surface area contributed by atoms with Gasteiger partial charge in [0.1, 0.15) is 0 Å². The summed E-state index contributed by atoms with van der Waals surface area (Å²) in [7, 11) is 0. The van der Waals surface area contributed by atoms with Crippen LogP contribution in [0.15, 0.2) is 0 Å². The van der Waals surface area contributed by atoms with E-state index in [9.17, 15) is 9.59 Å². The maximum Gasteiger partial charge on any atom is 0.246 e. The van der Waals surface area contributed by atoms with E-state index in [0.29, 0.717) is 13.0 Å². The first kappa shape index (κ1) is 12.6. The van der Waals surface area contributed by atoms with Gasteiger partial charge < -0.3 is 5.32 Å². The molecule has 0 aromatic heterocycles. The summed E-state index contributed by atoms with van der Waals surface area (Å²) in [6, 6.07) is -0.256. The molecule has 1 heterocycles. The zero-order valence-electron chi connectivity index (χ0n) is 10.6. The van der Waals surface area contributed by atoms with Crippen molar-refractivity contribution in [3.8, 4) is 0 Å². The van der Waals surface area contributed by atoms with Gasteiger partial charge in [0.15, 0.2) is 0 Å². The van der Waals surface area contributed by atoms with E-state index in [0.717, 1.165) is 25.3 Å². The SMILES string of the molecule is CCCN1C(=O)CC(NCCCC2CC2)C1=O. The minimum absolute atomic E-state index is 0.0171. The summed E-state index contributed by atoms with van der Waals surface area (Å²) in [6.07, 6.45) is 6.33. The molecule has 0 aromatic carbocycles. The summed E-state index contributed by atoms with van der Waals surface area (Å²) >= 11 is 0. The summed E-state index contributed by atoms with van der Waals surface area (Å²) < 4.78 is 0. The molecule has 0 radical (unpaired) electrons. The Morgan fingerprint density at radius 2 is 2.12 bits per heavy atom. The highest BCUT2D eigenvalue weighted by Crippen LogP contribution is 2.33. The average Bonchev–Trinajstić information content (AvgIpc) is 3.08. The molecule has 0 bridgehead atoms. The Kier molecular flexibility index (Phi) is 4.15. The number of hydrogen-bond acceptors (Lipinski definition) is 3. The maximum atomic E-state index is 11.9. The fourth-order valence-electron chi connectivity index (χ4n) is 2.37. The summed E-state index contributed by atoms with van der Waals surface area (Å²) in [5.74, 6) is 0.897. The highest BCUT2D eigenvalue weighted by molar-refractivity contribution is 6.05. The first-order valence-electron chi connectivity index (χ1n) is 6.80. The van der Waals surface area contributed by atoms with Crippen LogP contribution in [0.3, 0.4) is 0 Å². The highest BCUT2D eigenvalue weighted by Gasteiger charge is 2.37. The predicted molar refractivity (Wildman–Crippen MR) is 65.4 cm³/mol. The van der Waals surface area contributed by atoms with Crippen molar-refractivity contribution < 1.29 is 9.59 Å². The van der Waals surface area contributed by atoms with Gasteiger partial charge in [0.25, 0.3) is 0 Å². The number of rotatable bonds is 7. The third kappa shape index (κ3) is 3.28. The average molecular weight is 238 g/mol. The van der Waals surface area contributed by atoms with E-state index >= 15 is 0 Å². The Balaban J connectivity index is 1.69. The molecule has 1 saturated heterocycles. The molecule has 1 unspecified atom stereocenters. The fraction of sp³-hybridized carbons (Fsp3) is 0.846. The Morgan fingerprint density at radius 1 is 1.35 bits per heavy atom. The van der Waals surface area contributed by atoms with E-state index in [1.54, 1.807) is 0 Å². The number of amides is 2. The van der Waals surface area contributed by atoms with Crippen LogP contribution in [0.5, 0.6) is 0 Å². The van der Waals surface area contributed by atoms with Crippen molar-refractivity contribution in [1.29, 1.82) is 0 Å². The second-order valence-corrected chi connectivity index (χ2v) is 5.18. The number of nitrogens with one attached hydrogen (secondary N) is 1. The lowest BCUT2D eigenvalue weighted by Crippen LogP contribution is -2.39. The van der Waals surface area contributed by atoms with Gasteiger partial charge in [-0.3, -0.25) is 14.5 Å². The number of carbonyl (C=O) groups excluding carboxylic acids is 2. The predicted octanol–water partition coefficient (Wildman–Crippen LogP) is 1.30. The minimum atomic E-state index is -0.256. The Bertz CT molecular complexity index is 300. The third-order valence-corrected chi connectivity index (χ3v) is 3.57. The van der Waals surface area contributed by atoms with E-state index in [1.807, 2.05) is 6.92 Å². The van der Waals surface area contributed by atoms with Crippen LogP contribution < -0.4 is 5.32 Å². The van der Waals surface area contributed by atoms with Gasteiger partial charge in [-0.1, -0.05) is 19.8 Å². The lowest BCUT2D eigenvalue weighted by molar-refractivity contribution is -0.138. The van der Waals surface area contributed by atoms with Crippen LogP contribution in [0.4, 0.5) is 0 Å². The summed E-state index contributed by atoms with van der Waals surface area (Å²) in [4.78, 5) is 24.9. The number of imide groups is 1. The summed E-state index contributed by atoms with van der Waals surface area (Å²) in [5.41, 5.74) is 0. The van der Waals surface area contributed by atoms with Crippen LogP contribution >= 0.6 is 0 Å². The maximum absolute atomic E-state index is 11.9. The molecule has 2 amide bonds. The molecule has 2 fully saturated rings. The topological polar surface area (TPSA) is 49.4 Å². The number of likely N-dealkylation sites (tertiary alicyclic amines) is 1. The van der Waals surface area contributed by atoms with Crippen molar-refractivity contribution in [2.45, 2.75) is 51.5 Å². The molecule has 2 aliphatic rings. The van der Waals surface area contributed by atoms with Crippen LogP contribution in [0, 0.1) is 5.92 Å². The lowest BCUT2D eigenvalue weighted by Gasteiger charge is -2.14. The van der Waals surface area contributed by atoms with E-state index in [1.165, 1.54) is 24.2 Å². The number of carbonyl (C=O) groups is 2. The molecule has 1 aliphatic heterocycles. The van der Waals surface area contributed by atoms with Gasteiger partial charge in [-0.25, -0.2) is 0 Å². The quantitative estimate of drug-likeness (QED) is 0.537. The van der Waals surface area contributed by atoms with Gasteiger partial charge >= 0.3 is 0 Å². The van der Waals surface area contributed by atoms with Gasteiger partial charge in [-0.05, 0) is 31.7 Å². The van der Waals surface area contributed by atoms with Crippen molar-refractivity contribution in [2.75, 3.05) is 13.1 Å². The second-order valence-electron chi connectivity index (χ2n) is 5.18. The smallest absolute Gasteiger partial charge is 0.246 e. The fourth-order valence-corrected chi connectivity index (χ4v) is 2.37. The van der Waals surface area contributed by atoms with E-state index in [-0.39, 0.29) is 17.9 Å². The second kappa shape index (κ2) is 5.63. The first-order chi connectivity index (χ1) is 8.22. The molecule has 1 saturated carbocycles. The van der Waals surface area contributed by atoms with Gasteiger partial charge in [0.2, 0.25) is 11.8 Å². The van der Waals surface area contributed by atoms with Crippen molar-refractivity contribution in [3.05, 3.63) is 0 Å². The zero-order chi connectivity index (χ0) is 12.3. The molecular weight excluding hydrogens is 216 g/mol. The standard InChI is InChI=1S/C13H22N2O2/c1-2-8-15-12(16)9-11(13(15)17)14-7-3-4-10-5-6-10/h10-11,14H,2-9H2,1H3. The molecule has 4 heteroatoms. The van der Waals surface area contributed by atoms with Crippen molar-refractivity contribution >= 4 is 11.8 Å². The molecule has 4 nitrogen and oxygen atoms in total. The molecule has 1 atom stereocenters. The zero-order valence-corrected chi connectivity index (χ0v) is 10.6. The molecule has 1 N–H and O–H groups in total. The van der Waals surface area contributed by atoms with Crippen LogP contribution in [0.25, 0.3) is 0 Å². The minimum Gasteiger partial charge on any atom is -0.305 e. The molecule has 96 valence electrons. The van der Waals surface area contributed by atoms with Crippen LogP contribution in [-0.2, 0) is 9.59 Å². The Hall–Kier alpha value is -0.900. The van der Waals surface area contributed by atoms with Gasteiger partial charge in [-0.2, -0.15) is 0 Å². The monoisotopic (exact) mass is 238 g/mol. The molecular formula is C13H22N2O2. The van der Waals surface area contributed by atoms with E-state index < -0.39 is 0 Å².